The Bertz CT molecular complexity index is 440. The second-order valence-electron chi connectivity index (χ2n) is 4.54. The molecule has 0 spiro atoms. The third-order valence-electron chi connectivity index (χ3n) is 2.59. The van der Waals surface area contributed by atoms with Crippen molar-refractivity contribution in [3.63, 3.8) is 0 Å². The molecule has 0 atom stereocenters. The number of benzene rings is 1. The molecule has 1 radical (unpaired) electrons. The van der Waals surface area contributed by atoms with Gasteiger partial charge in [-0.2, -0.15) is 0 Å². The summed E-state index contributed by atoms with van der Waals surface area (Å²) in [6.45, 7) is 10.4. The summed E-state index contributed by atoms with van der Waals surface area (Å²) in [5.74, 6) is 0. The Labute approximate surface area is 96.7 Å². The summed E-state index contributed by atoms with van der Waals surface area (Å²) in [4.78, 5) is 13.9. The second-order valence-corrected chi connectivity index (χ2v) is 4.54. The van der Waals surface area contributed by atoms with Crippen molar-refractivity contribution >= 4 is 11.7 Å². The number of isocyanates is 1. The Balaban J connectivity index is 3.20. The van der Waals surface area contributed by atoms with Crippen LogP contribution in [0.1, 0.15) is 31.9 Å². The van der Waals surface area contributed by atoms with E-state index in [9.17, 15) is 4.79 Å². The summed E-state index contributed by atoms with van der Waals surface area (Å²) in [5.41, 5.74) is 3.02. The van der Waals surface area contributed by atoms with Crippen LogP contribution in [-0.4, -0.2) is 12.6 Å². The zero-order valence-corrected chi connectivity index (χ0v) is 10.0. The first-order valence-electron chi connectivity index (χ1n) is 5.19. The summed E-state index contributed by atoms with van der Waals surface area (Å²) in [5, 5.41) is 0. The molecule has 0 N–H and O–H groups in total. The largest absolute Gasteiger partial charge is 0.234 e. The van der Waals surface area contributed by atoms with Crippen LogP contribution in [0.4, 0.5) is 0 Å². The third kappa shape index (κ3) is 2.68. The second kappa shape index (κ2) is 4.91. The Morgan fingerprint density at radius 3 is 2.88 bits per heavy atom. The summed E-state index contributed by atoms with van der Waals surface area (Å²) < 4.78 is 0. The van der Waals surface area contributed by atoms with E-state index >= 15 is 0 Å². The van der Waals surface area contributed by atoms with Crippen molar-refractivity contribution in [2.75, 3.05) is 6.54 Å². The molecule has 0 fully saturated rings. The molecule has 0 aromatic heterocycles. The molecule has 0 aliphatic heterocycles. The highest BCUT2D eigenvalue weighted by atomic mass is 16.1. The first kappa shape index (κ1) is 12.4. The van der Waals surface area contributed by atoms with E-state index in [1.54, 1.807) is 6.08 Å². The van der Waals surface area contributed by atoms with E-state index in [0.717, 1.165) is 16.7 Å². The Morgan fingerprint density at radius 2 is 2.31 bits per heavy atom. The van der Waals surface area contributed by atoms with Gasteiger partial charge in [-0.1, -0.05) is 38.1 Å². The molecule has 1 aromatic rings. The highest BCUT2D eigenvalue weighted by molar-refractivity contribution is 5.65. The van der Waals surface area contributed by atoms with E-state index in [1.165, 1.54) is 0 Å². The van der Waals surface area contributed by atoms with Crippen LogP contribution in [-0.2, 0) is 10.2 Å². The maximum absolute atomic E-state index is 10.2. The average Bonchev–Trinajstić information content (AvgIpc) is 2.26. The Hall–Kier alpha value is -1.66. The lowest BCUT2D eigenvalue weighted by atomic mass is 9.80. The predicted molar refractivity (Wildman–Crippen MR) is 66.0 cm³/mol. The van der Waals surface area contributed by atoms with Gasteiger partial charge in [0.1, 0.15) is 0 Å². The van der Waals surface area contributed by atoms with Gasteiger partial charge in [-0.25, -0.2) is 9.79 Å². The highest BCUT2D eigenvalue weighted by Gasteiger charge is 2.23. The molecule has 0 aliphatic rings. The standard InChI is InChI=1S/C14H16NO/c1-11(2)12-7-5-6-8-13(12)14(3,4)9-15-10-16/h6-8H,1,9H2,2-4H3. The van der Waals surface area contributed by atoms with Gasteiger partial charge in [0.25, 0.3) is 0 Å². The van der Waals surface area contributed by atoms with Crippen LogP contribution >= 0.6 is 0 Å². The lowest BCUT2D eigenvalue weighted by Gasteiger charge is -2.25. The average molecular weight is 214 g/mol. The molecular weight excluding hydrogens is 198 g/mol. The molecule has 0 aliphatic carbocycles. The molecule has 0 saturated carbocycles. The number of aliphatic imine (C=N–C) groups is 1. The molecule has 2 heteroatoms. The van der Waals surface area contributed by atoms with Gasteiger partial charge >= 0.3 is 0 Å². The van der Waals surface area contributed by atoms with Crippen LogP contribution in [0.15, 0.2) is 29.8 Å². The van der Waals surface area contributed by atoms with Gasteiger partial charge < -0.3 is 0 Å². The molecule has 16 heavy (non-hydrogen) atoms. The van der Waals surface area contributed by atoms with Gasteiger partial charge in [0, 0.05) is 5.41 Å². The van der Waals surface area contributed by atoms with Gasteiger partial charge in [0.2, 0.25) is 6.08 Å². The van der Waals surface area contributed by atoms with Crippen molar-refractivity contribution < 1.29 is 4.79 Å². The van der Waals surface area contributed by atoms with Crippen LogP contribution in [0.5, 0.6) is 0 Å². The van der Waals surface area contributed by atoms with Crippen LogP contribution in [0.25, 0.3) is 5.57 Å². The van der Waals surface area contributed by atoms with Gasteiger partial charge in [-0.15, -0.1) is 0 Å². The maximum Gasteiger partial charge on any atom is 0.234 e. The fraction of sp³-hybridized carbons (Fsp3) is 0.357. The van der Waals surface area contributed by atoms with Crippen molar-refractivity contribution in [1.82, 2.24) is 0 Å². The first-order valence-corrected chi connectivity index (χ1v) is 5.19. The minimum absolute atomic E-state index is 0.194. The topological polar surface area (TPSA) is 29.4 Å². The normalized spacial score (nSPS) is 10.7. The maximum atomic E-state index is 10.2. The van der Waals surface area contributed by atoms with Crippen molar-refractivity contribution in [1.29, 1.82) is 0 Å². The van der Waals surface area contributed by atoms with Gasteiger partial charge in [0.15, 0.2) is 0 Å². The molecule has 83 valence electrons. The number of hydrogen-bond donors (Lipinski definition) is 0. The molecular formula is C14H16NO. The number of nitrogens with zero attached hydrogens (tertiary/aromatic N) is 1. The fourth-order valence-electron chi connectivity index (χ4n) is 1.69. The molecule has 1 rings (SSSR count). The fourth-order valence-corrected chi connectivity index (χ4v) is 1.69. The van der Waals surface area contributed by atoms with Crippen molar-refractivity contribution in [2.24, 2.45) is 4.99 Å². The molecule has 0 unspecified atom stereocenters. The molecule has 0 saturated heterocycles. The first-order chi connectivity index (χ1) is 7.49. The number of rotatable bonds is 4. The SMILES string of the molecule is C=C(C)c1c[c]ccc1C(C)(C)CN=C=O. The van der Waals surface area contributed by atoms with E-state index in [1.807, 2.05) is 25.1 Å². The summed E-state index contributed by atoms with van der Waals surface area (Å²) in [7, 11) is 0. The lowest BCUT2D eigenvalue weighted by molar-refractivity contribution is 0.525. The van der Waals surface area contributed by atoms with E-state index in [-0.39, 0.29) is 5.41 Å². The monoisotopic (exact) mass is 214 g/mol. The lowest BCUT2D eigenvalue weighted by Crippen LogP contribution is -2.22. The molecule has 0 heterocycles. The molecule has 1 aromatic carbocycles. The third-order valence-corrected chi connectivity index (χ3v) is 2.59. The quantitative estimate of drug-likeness (QED) is 0.559. The number of allylic oxidation sites excluding steroid dienone is 1. The van der Waals surface area contributed by atoms with Crippen molar-refractivity contribution in [2.45, 2.75) is 26.2 Å². The van der Waals surface area contributed by atoms with Gasteiger partial charge in [0.05, 0.1) is 6.54 Å². The van der Waals surface area contributed by atoms with Crippen LogP contribution < -0.4 is 0 Å². The van der Waals surface area contributed by atoms with E-state index < -0.39 is 0 Å². The zero-order valence-electron chi connectivity index (χ0n) is 10.0. The zero-order chi connectivity index (χ0) is 12.2. The predicted octanol–water partition coefficient (Wildman–Crippen LogP) is 3.13. The molecule has 2 nitrogen and oxygen atoms in total. The Kier molecular flexibility index (Phi) is 3.81. The minimum atomic E-state index is -0.194. The molecule has 0 amide bonds. The van der Waals surface area contributed by atoms with Crippen LogP contribution in [0, 0.1) is 6.07 Å². The summed E-state index contributed by atoms with van der Waals surface area (Å²) >= 11 is 0. The molecule has 0 bridgehead atoms. The minimum Gasteiger partial charge on any atom is -0.211 e. The van der Waals surface area contributed by atoms with Crippen molar-refractivity contribution in [3.05, 3.63) is 42.0 Å². The number of carbonyl (C=O) groups excluding carboxylic acids is 1. The number of hydrogen-bond acceptors (Lipinski definition) is 2. The van der Waals surface area contributed by atoms with Crippen molar-refractivity contribution in [3.8, 4) is 0 Å². The van der Waals surface area contributed by atoms with E-state index in [4.69, 9.17) is 0 Å². The van der Waals surface area contributed by atoms with E-state index in [2.05, 4.69) is 31.5 Å². The van der Waals surface area contributed by atoms with Gasteiger partial charge in [-0.3, -0.25) is 0 Å². The summed E-state index contributed by atoms with van der Waals surface area (Å²) in [6, 6.07) is 8.84. The van der Waals surface area contributed by atoms with Crippen LogP contribution in [0.2, 0.25) is 0 Å². The highest BCUT2D eigenvalue weighted by Crippen LogP contribution is 2.29. The smallest absolute Gasteiger partial charge is 0.211 e. The summed E-state index contributed by atoms with van der Waals surface area (Å²) in [6.07, 6.45) is 1.59. The van der Waals surface area contributed by atoms with E-state index in [0.29, 0.717) is 6.54 Å². The van der Waals surface area contributed by atoms with Gasteiger partial charge in [-0.05, 0) is 30.2 Å². The Morgan fingerprint density at radius 1 is 1.62 bits per heavy atom. The van der Waals surface area contributed by atoms with Crippen LogP contribution in [0.3, 0.4) is 0 Å².